The van der Waals surface area contributed by atoms with Crippen LogP contribution >= 0.6 is 0 Å². The van der Waals surface area contributed by atoms with Crippen molar-refractivity contribution in [3.05, 3.63) is 41.5 Å². The topological polar surface area (TPSA) is 37.3 Å². The van der Waals surface area contributed by atoms with E-state index in [2.05, 4.69) is 13.8 Å². The molecule has 0 aromatic heterocycles. The second-order valence-corrected chi connectivity index (χ2v) is 5.70. The van der Waals surface area contributed by atoms with Crippen LogP contribution in [0.2, 0.25) is 0 Å². The molecule has 0 aliphatic heterocycles. The molecular formula is C16H20O2. The molecule has 2 nitrogen and oxygen atoms in total. The zero-order chi connectivity index (χ0) is 13.3. The standard InChI is InChI=1S/C16H20O2/c1-11(2)8-9-16(3)13-7-5-4-6-12(13)14(17)10-15(16)18/h4-7,10-11,17H,8-9H2,1-3H3. The fraction of sp³-hybridized carbons (Fsp3) is 0.438. The number of aliphatic hydroxyl groups excluding tert-OH is 1. The van der Waals surface area contributed by atoms with Crippen molar-refractivity contribution in [2.45, 2.75) is 39.0 Å². The summed E-state index contributed by atoms with van der Waals surface area (Å²) >= 11 is 0. The number of aliphatic hydroxyl groups is 1. The van der Waals surface area contributed by atoms with Crippen LogP contribution in [0, 0.1) is 5.92 Å². The van der Waals surface area contributed by atoms with Gasteiger partial charge in [0.05, 0.1) is 5.41 Å². The van der Waals surface area contributed by atoms with Crippen molar-refractivity contribution < 1.29 is 9.90 Å². The molecule has 1 N–H and O–H groups in total. The second kappa shape index (κ2) is 4.60. The van der Waals surface area contributed by atoms with Gasteiger partial charge in [0.25, 0.3) is 0 Å². The van der Waals surface area contributed by atoms with Crippen LogP contribution in [0.25, 0.3) is 5.76 Å². The van der Waals surface area contributed by atoms with Gasteiger partial charge in [-0.1, -0.05) is 38.1 Å². The molecule has 2 heteroatoms. The first-order valence-electron chi connectivity index (χ1n) is 6.50. The van der Waals surface area contributed by atoms with E-state index in [4.69, 9.17) is 0 Å². The smallest absolute Gasteiger partial charge is 0.169 e. The van der Waals surface area contributed by atoms with Crippen molar-refractivity contribution in [3.63, 3.8) is 0 Å². The molecule has 0 amide bonds. The van der Waals surface area contributed by atoms with Gasteiger partial charge in [0.2, 0.25) is 0 Å². The molecule has 0 spiro atoms. The minimum absolute atomic E-state index is 0.0133. The third kappa shape index (κ3) is 2.07. The third-order valence-corrected chi connectivity index (χ3v) is 3.83. The van der Waals surface area contributed by atoms with Crippen LogP contribution in [0.5, 0.6) is 0 Å². The number of fused-ring (bicyclic) bond motifs is 1. The maximum atomic E-state index is 12.3. The highest BCUT2D eigenvalue weighted by Gasteiger charge is 2.38. The van der Waals surface area contributed by atoms with E-state index in [9.17, 15) is 9.90 Å². The normalized spacial score (nSPS) is 22.9. The Balaban J connectivity index is 2.45. The van der Waals surface area contributed by atoms with Crippen LogP contribution in [0.3, 0.4) is 0 Å². The van der Waals surface area contributed by atoms with Gasteiger partial charge in [0.15, 0.2) is 5.78 Å². The zero-order valence-electron chi connectivity index (χ0n) is 11.2. The van der Waals surface area contributed by atoms with E-state index in [0.29, 0.717) is 5.92 Å². The largest absolute Gasteiger partial charge is 0.507 e. The van der Waals surface area contributed by atoms with Gasteiger partial charge in [-0.05, 0) is 31.2 Å². The number of allylic oxidation sites excluding steroid dienone is 1. The number of hydrogen-bond donors (Lipinski definition) is 1. The predicted molar refractivity (Wildman–Crippen MR) is 73.5 cm³/mol. The van der Waals surface area contributed by atoms with Crippen molar-refractivity contribution in [2.24, 2.45) is 5.92 Å². The van der Waals surface area contributed by atoms with Gasteiger partial charge < -0.3 is 5.11 Å². The molecule has 1 unspecified atom stereocenters. The molecule has 18 heavy (non-hydrogen) atoms. The Hall–Kier alpha value is -1.57. The molecule has 0 saturated carbocycles. The van der Waals surface area contributed by atoms with Gasteiger partial charge in [0.1, 0.15) is 5.76 Å². The number of carbonyl (C=O) groups excluding carboxylic acids is 1. The van der Waals surface area contributed by atoms with E-state index in [-0.39, 0.29) is 11.5 Å². The van der Waals surface area contributed by atoms with Gasteiger partial charge in [-0.15, -0.1) is 0 Å². The van der Waals surface area contributed by atoms with Gasteiger partial charge in [-0.25, -0.2) is 0 Å². The zero-order valence-corrected chi connectivity index (χ0v) is 11.2. The highest BCUT2D eigenvalue weighted by molar-refractivity contribution is 6.06. The van der Waals surface area contributed by atoms with Crippen LogP contribution in [-0.2, 0) is 10.2 Å². The van der Waals surface area contributed by atoms with Gasteiger partial charge in [-0.3, -0.25) is 4.79 Å². The summed E-state index contributed by atoms with van der Waals surface area (Å²) < 4.78 is 0. The maximum absolute atomic E-state index is 12.3. The fourth-order valence-corrected chi connectivity index (χ4v) is 2.52. The maximum Gasteiger partial charge on any atom is 0.169 e. The molecule has 1 aromatic rings. The number of ketones is 1. The average molecular weight is 244 g/mol. The molecule has 1 aliphatic carbocycles. The van der Waals surface area contributed by atoms with Crippen LogP contribution in [0.1, 0.15) is 44.7 Å². The fourth-order valence-electron chi connectivity index (χ4n) is 2.52. The van der Waals surface area contributed by atoms with E-state index < -0.39 is 5.41 Å². The van der Waals surface area contributed by atoms with Gasteiger partial charge >= 0.3 is 0 Å². The van der Waals surface area contributed by atoms with E-state index in [1.54, 1.807) is 0 Å². The number of rotatable bonds is 3. The summed E-state index contributed by atoms with van der Waals surface area (Å²) in [5.74, 6) is 0.679. The minimum atomic E-state index is -0.493. The lowest BCUT2D eigenvalue weighted by Crippen LogP contribution is -2.35. The van der Waals surface area contributed by atoms with E-state index in [0.717, 1.165) is 24.0 Å². The first-order chi connectivity index (χ1) is 8.45. The summed E-state index contributed by atoms with van der Waals surface area (Å²) in [6.45, 7) is 6.31. The summed E-state index contributed by atoms with van der Waals surface area (Å²) in [5, 5.41) is 9.88. The summed E-state index contributed by atoms with van der Waals surface area (Å²) in [6, 6.07) is 7.65. The minimum Gasteiger partial charge on any atom is -0.507 e. The Morgan fingerprint density at radius 1 is 1.28 bits per heavy atom. The molecule has 0 bridgehead atoms. The first kappa shape index (κ1) is 12.9. The number of carbonyl (C=O) groups is 1. The Labute approximate surface area is 108 Å². The van der Waals surface area contributed by atoms with Crippen LogP contribution < -0.4 is 0 Å². The van der Waals surface area contributed by atoms with E-state index in [1.807, 2.05) is 31.2 Å². The Bertz CT molecular complexity index is 500. The van der Waals surface area contributed by atoms with Crippen molar-refractivity contribution in [1.29, 1.82) is 0 Å². The second-order valence-electron chi connectivity index (χ2n) is 5.70. The quantitative estimate of drug-likeness (QED) is 0.876. The average Bonchev–Trinajstić information content (AvgIpc) is 2.34. The van der Waals surface area contributed by atoms with E-state index in [1.165, 1.54) is 6.08 Å². The summed E-state index contributed by atoms with van der Waals surface area (Å²) in [4.78, 5) is 12.3. The molecule has 0 radical (unpaired) electrons. The first-order valence-corrected chi connectivity index (χ1v) is 6.50. The molecule has 0 heterocycles. The van der Waals surface area contributed by atoms with Gasteiger partial charge in [0, 0.05) is 11.6 Å². The molecule has 0 saturated heterocycles. The third-order valence-electron chi connectivity index (χ3n) is 3.83. The number of benzene rings is 1. The summed E-state index contributed by atoms with van der Waals surface area (Å²) in [6.07, 6.45) is 3.21. The lowest BCUT2D eigenvalue weighted by molar-refractivity contribution is -0.119. The Morgan fingerprint density at radius 3 is 2.61 bits per heavy atom. The van der Waals surface area contributed by atoms with Crippen molar-refractivity contribution in [1.82, 2.24) is 0 Å². The number of hydrogen-bond acceptors (Lipinski definition) is 2. The molecule has 96 valence electrons. The molecular weight excluding hydrogens is 224 g/mol. The SMILES string of the molecule is CC(C)CCC1(C)C(=O)C=C(O)c2ccccc21. The Morgan fingerprint density at radius 2 is 1.94 bits per heavy atom. The molecule has 2 rings (SSSR count). The monoisotopic (exact) mass is 244 g/mol. The van der Waals surface area contributed by atoms with Crippen LogP contribution in [-0.4, -0.2) is 10.9 Å². The molecule has 1 aromatic carbocycles. The molecule has 1 aliphatic rings. The van der Waals surface area contributed by atoms with E-state index >= 15 is 0 Å². The predicted octanol–water partition coefficient (Wildman–Crippen LogP) is 3.86. The highest BCUT2D eigenvalue weighted by Crippen LogP contribution is 2.39. The lowest BCUT2D eigenvalue weighted by Gasteiger charge is -2.33. The van der Waals surface area contributed by atoms with Gasteiger partial charge in [-0.2, -0.15) is 0 Å². The summed E-state index contributed by atoms with van der Waals surface area (Å²) in [7, 11) is 0. The van der Waals surface area contributed by atoms with Crippen molar-refractivity contribution in [3.8, 4) is 0 Å². The highest BCUT2D eigenvalue weighted by atomic mass is 16.3. The molecule has 0 fully saturated rings. The van der Waals surface area contributed by atoms with Crippen LogP contribution in [0.4, 0.5) is 0 Å². The van der Waals surface area contributed by atoms with Crippen molar-refractivity contribution in [2.75, 3.05) is 0 Å². The Kier molecular flexibility index (Phi) is 3.29. The lowest BCUT2D eigenvalue weighted by atomic mass is 9.69. The molecule has 1 atom stereocenters. The van der Waals surface area contributed by atoms with Crippen molar-refractivity contribution >= 4 is 11.5 Å². The summed E-state index contributed by atoms with van der Waals surface area (Å²) in [5.41, 5.74) is 1.26. The van der Waals surface area contributed by atoms with Crippen LogP contribution in [0.15, 0.2) is 30.3 Å².